The summed E-state index contributed by atoms with van der Waals surface area (Å²) in [5.41, 5.74) is 0. The summed E-state index contributed by atoms with van der Waals surface area (Å²) in [6.45, 7) is 2.64. The number of nitrogens with one attached hydrogen (secondary N) is 1. The van der Waals surface area contributed by atoms with E-state index in [1.807, 2.05) is 47.4 Å². The predicted octanol–water partition coefficient (Wildman–Crippen LogP) is 1.30. The van der Waals surface area contributed by atoms with Crippen molar-refractivity contribution >= 4 is 0 Å². The maximum Gasteiger partial charge on any atom is 0.119 e. The molecule has 5 nitrogen and oxygen atoms in total. The zero-order valence-corrected chi connectivity index (χ0v) is 11.5. The summed E-state index contributed by atoms with van der Waals surface area (Å²) in [5.74, 6) is 0.784. The quantitative estimate of drug-likeness (QED) is 0.677. The van der Waals surface area contributed by atoms with Crippen LogP contribution in [0.4, 0.5) is 0 Å². The molecule has 0 amide bonds. The fourth-order valence-electron chi connectivity index (χ4n) is 1.84. The third-order valence-corrected chi connectivity index (χ3v) is 2.89. The number of aryl methyl sites for hydroxylation is 1. The zero-order valence-electron chi connectivity index (χ0n) is 11.5. The van der Waals surface area contributed by atoms with Crippen molar-refractivity contribution in [3.05, 3.63) is 49.1 Å². The highest BCUT2D eigenvalue weighted by Crippen LogP contribution is 2.08. The minimum atomic E-state index is -0.497. The Hall–Kier alpha value is -1.85. The third-order valence-electron chi connectivity index (χ3n) is 2.89. The van der Waals surface area contributed by atoms with Gasteiger partial charge >= 0.3 is 0 Å². The normalized spacial score (nSPS) is 12.2. The van der Waals surface area contributed by atoms with Crippen LogP contribution in [0.15, 0.2) is 49.1 Å². The molecule has 1 aromatic heterocycles. The van der Waals surface area contributed by atoms with Gasteiger partial charge in [-0.25, -0.2) is 4.98 Å². The SMILES string of the molecule is O[C@@H](CNCCCn1ccnc1)COc1ccccc1. The maximum atomic E-state index is 9.79. The van der Waals surface area contributed by atoms with E-state index in [9.17, 15) is 5.11 Å². The summed E-state index contributed by atoms with van der Waals surface area (Å²) >= 11 is 0. The van der Waals surface area contributed by atoms with Crippen LogP contribution >= 0.6 is 0 Å². The van der Waals surface area contributed by atoms with Gasteiger partial charge in [0.15, 0.2) is 0 Å². The Morgan fingerprint density at radius 1 is 1.30 bits per heavy atom. The van der Waals surface area contributed by atoms with E-state index in [1.54, 1.807) is 6.20 Å². The lowest BCUT2D eigenvalue weighted by molar-refractivity contribution is 0.106. The third kappa shape index (κ3) is 5.42. The van der Waals surface area contributed by atoms with Crippen LogP contribution in [0.3, 0.4) is 0 Å². The molecule has 0 saturated heterocycles. The van der Waals surface area contributed by atoms with E-state index in [0.717, 1.165) is 25.3 Å². The highest BCUT2D eigenvalue weighted by molar-refractivity contribution is 5.20. The first-order chi connectivity index (χ1) is 9.84. The number of nitrogens with zero attached hydrogens (tertiary/aromatic N) is 2. The first kappa shape index (κ1) is 14.6. The molecule has 108 valence electrons. The molecule has 0 aliphatic heterocycles. The Kier molecular flexibility index (Phi) is 6.07. The molecule has 1 aromatic carbocycles. The van der Waals surface area contributed by atoms with E-state index in [-0.39, 0.29) is 0 Å². The van der Waals surface area contributed by atoms with Crippen LogP contribution in [-0.4, -0.2) is 40.5 Å². The zero-order chi connectivity index (χ0) is 14.0. The summed E-state index contributed by atoms with van der Waals surface area (Å²) in [6.07, 6.45) is 6.04. The lowest BCUT2D eigenvalue weighted by Crippen LogP contribution is -2.32. The standard InChI is InChI=1S/C15H21N3O2/c19-14(12-20-15-5-2-1-3-6-15)11-16-7-4-9-18-10-8-17-13-18/h1-3,5-6,8,10,13-14,16,19H,4,7,9,11-12H2/t14-/m0/s1. The largest absolute Gasteiger partial charge is 0.491 e. The number of aromatic nitrogens is 2. The molecular weight excluding hydrogens is 254 g/mol. The second-order valence-corrected chi connectivity index (χ2v) is 4.64. The molecule has 5 heteroatoms. The van der Waals surface area contributed by atoms with E-state index in [4.69, 9.17) is 4.74 Å². The summed E-state index contributed by atoms with van der Waals surface area (Å²) in [6, 6.07) is 9.52. The van der Waals surface area contributed by atoms with Crippen molar-refractivity contribution in [2.45, 2.75) is 19.1 Å². The van der Waals surface area contributed by atoms with Gasteiger partial charge in [0, 0.05) is 25.5 Å². The number of ether oxygens (including phenoxy) is 1. The highest BCUT2D eigenvalue weighted by Gasteiger charge is 2.04. The molecule has 0 unspecified atom stereocenters. The van der Waals surface area contributed by atoms with Crippen LogP contribution in [0, 0.1) is 0 Å². The van der Waals surface area contributed by atoms with Crippen LogP contribution in [-0.2, 0) is 6.54 Å². The van der Waals surface area contributed by atoms with E-state index in [0.29, 0.717) is 13.2 Å². The second kappa shape index (κ2) is 8.35. The number of benzene rings is 1. The molecule has 2 aromatic rings. The summed E-state index contributed by atoms with van der Waals surface area (Å²) in [7, 11) is 0. The fourth-order valence-corrected chi connectivity index (χ4v) is 1.84. The topological polar surface area (TPSA) is 59.3 Å². The Bertz CT molecular complexity index is 459. The number of para-hydroxylation sites is 1. The number of rotatable bonds is 9. The van der Waals surface area contributed by atoms with Crippen molar-refractivity contribution < 1.29 is 9.84 Å². The smallest absolute Gasteiger partial charge is 0.119 e. The van der Waals surface area contributed by atoms with Gasteiger partial charge < -0.3 is 19.7 Å². The summed E-state index contributed by atoms with van der Waals surface area (Å²) in [5, 5.41) is 13.0. The van der Waals surface area contributed by atoms with Crippen molar-refractivity contribution in [3.8, 4) is 5.75 Å². The van der Waals surface area contributed by atoms with Gasteiger partial charge in [0.25, 0.3) is 0 Å². The van der Waals surface area contributed by atoms with Crippen molar-refractivity contribution in [2.75, 3.05) is 19.7 Å². The molecule has 0 saturated carbocycles. The van der Waals surface area contributed by atoms with Crippen LogP contribution in [0.2, 0.25) is 0 Å². The number of aliphatic hydroxyl groups is 1. The van der Waals surface area contributed by atoms with Gasteiger partial charge in [0.05, 0.1) is 6.33 Å². The summed E-state index contributed by atoms with van der Waals surface area (Å²) < 4.78 is 7.52. The molecule has 0 aliphatic rings. The van der Waals surface area contributed by atoms with Gasteiger partial charge in [-0.3, -0.25) is 0 Å². The molecule has 0 spiro atoms. The Morgan fingerprint density at radius 2 is 2.15 bits per heavy atom. The van der Waals surface area contributed by atoms with Crippen LogP contribution < -0.4 is 10.1 Å². The minimum absolute atomic E-state index is 0.304. The molecule has 0 bridgehead atoms. The number of imidazole rings is 1. The van der Waals surface area contributed by atoms with Crippen molar-refractivity contribution in [1.82, 2.24) is 14.9 Å². The predicted molar refractivity (Wildman–Crippen MR) is 77.7 cm³/mol. The van der Waals surface area contributed by atoms with E-state index < -0.39 is 6.10 Å². The number of aliphatic hydroxyl groups excluding tert-OH is 1. The molecule has 20 heavy (non-hydrogen) atoms. The fraction of sp³-hybridized carbons (Fsp3) is 0.400. The van der Waals surface area contributed by atoms with Gasteiger partial charge in [0.1, 0.15) is 18.5 Å². The maximum absolute atomic E-state index is 9.79. The highest BCUT2D eigenvalue weighted by atomic mass is 16.5. The lowest BCUT2D eigenvalue weighted by atomic mass is 10.3. The molecule has 0 radical (unpaired) electrons. The number of hydrogen-bond acceptors (Lipinski definition) is 4. The minimum Gasteiger partial charge on any atom is -0.491 e. The van der Waals surface area contributed by atoms with Gasteiger partial charge in [-0.05, 0) is 25.1 Å². The average Bonchev–Trinajstić information content (AvgIpc) is 2.99. The summed E-state index contributed by atoms with van der Waals surface area (Å²) in [4.78, 5) is 3.99. The monoisotopic (exact) mass is 275 g/mol. The molecule has 1 heterocycles. The van der Waals surface area contributed by atoms with Crippen LogP contribution in [0.25, 0.3) is 0 Å². The molecular formula is C15H21N3O2. The molecule has 0 aliphatic carbocycles. The van der Waals surface area contributed by atoms with Crippen LogP contribution in [0.5, 0.6) is 5.75 Å². The molecule has 2 N–H and O–H groups in total. The van der Waals surface area contributed by atoms with E-state index in [1.165, 1.54) is 0 Å². The number of hydrogen-bond donors (Lipinski definition) is 2. The molecule has 1 atom stereocenters. The first-order valence-corrected chi connectivity index (χ1v) is 6.87. The average molecular weight is 275 g/mol. The van der Waals surface area contributed by atoms with Gasteiger partial charge in [0.2, 0.25) is 0 Å². The lowest BCUT2D eigenvalue weighted by Gasteiger charge is -2.13. The van der Waals surface area contributed by atoms with Crippen molar-refractivity contribution in [3.63, 3.8) is 0 Å². The Balaban J connectivity index is 1.51. The Labute approximate surface area is 119 Å². The van der Waals surface area contributed by atoms with Crippen molar-refractivity contribution in [1.29, 1.82) is 0 Å². The van der Waals surface area contributed by atoms with Gasteiger partial charge in [-0.2, -0.15) is 0 Å². The molecule has 0 fully saturated rings. The second-order valence-electron chi connectivity index (χ2n) is 4.64. The Morgan fingerprint density at radius 3 is 2.90 bits per heavy atom. The van der Waals surface area contributed by atoms with Gasteiger partial charge in [-0.1, -0.05) is 18.2 Å². The van der Waals surface area contributed by atoms with E-state index >= 15 is 0 Å². The van der Waals surface area contributed by atoms with E-state index in [2.05, 4.69) is 10.3 Å². The van der Waals surface area contributed by atoms with Gasteiger partial charge in [-0.15, -0.1) is 0 Å². The van der Waals surface area contributed by atoms with Crippen LogP contribution in [0.1, 0.15) is 6.42 Å². The van der Waals surface area contributed by atoms with Crippen molar-refractivity contribution in [2.24, 2.45) is 0 Å². The first-order valence-electron chi connectivity index (χ1n) is 6.87. The molecule has 2 rings (SSSR count).